The largest absolute Gasteiger partial charge is 0.359 e. The van der Waals surface area contributed by atoms with Gasteiger partial charge in [-0.05, 0) is 48.2 Å². The van der Waals surface area contributed by atoms with Crippen molar-refractivity contribution in [1.29, 1.82) is 0 Å². The highest BCUT2D eigenvalue weighted by Crippen LogP contribution is 2.30. The number of hydrogen-bond donors (Lipinski definition) is 0. The maximum absolute atomic E-state index is 13.1. The van der Waals surface area contributed by atoms with E-state index in [1.54, 1.807) is 18.3 Å². The fourth-order valence-electron chi connectivity index (χ4n) is 3.20. The number of anilines is 1. The minimum atomic E-state index is -0.231. The van der Waals surface area contributed by atoms with Gasteiger partial charge < -0.3 is 4.90 Å². The van der Waals surface area contributed by atoms with Gasteiger partial charge in [0.15, 0.2) is 0 Å². The highest BCUT2D eigenvalue weighted by Gasteiger charge is 2.16. The van der Waals surface area contributed by atoms with Gasteiger partial charge >= 0.3 is 0 Å². The second kappa shape index (κ2) is 6.04. The molecule has 1 aliphatic rings. The molecule has 0 bridgehead atoms. The molecule has 0 atom stereocenters. The van der Waals surface area contributed by atoms with Crippen molar-refractivity contribution in [3.63, 3.8) is 0 Å². The van der Waals surface area contributed by atoms with Crippen molar-refractivity contribution in [3.05, 3.63) is 66.4 Å². The van der Waals surface area contributed by atoms with E-state index in [0.29, 0.717) is 0 Å². The number of aryl methyl sites for hydroxylation is 1. The Labute approximate surface area is 140 Å². The van der Waals surface area contributed by atoms with Gasteiger partial charge in [-0.15, -0.1) is 0 Å². The van der Waals surface area contributed by atoms with Crippen LogP contribution in [0.2, 0.25) is 0 Å². The second-order valence-electron chi connectivity index (χ2n) is 6.20. The van der Waals surface area contributed by atoms with E-state index >= 15 is 0 Å². The van der Waals surface area contributed by atoms with E-state index in [9.17, 15) is 4.39 Å². The minimum Gasteiger partial charge on any atom is -0.359 e. The summed E-state index contributed by atoms with van der Waals surface area (Å²) < 4.78 is 13.1. The average molecular weight is 319 g/mol. The van der Waals surface area contributed by atoms with Crippen molar-refractivity contribution >= 4 is 5.82 Å². The molecule has 4 heteroatoms. The molecule has 3 heterocycles. The first-order valence-electron chi connectivity index (χ1n) is 8.12. The third-order valence-corrected chi connectivity index (χ3v) is 4.49. The molecule has 0 radical (unpaired) electrons. The molecule has 3 aromatic rings. The van der Waals surface area contributed by atoms with Crippen molar-refractivity contribution in [2.75, 3.05) is 18.5 Å². The van der Waals surface area contributed by atoms with Crippen LogP contribution < -0.4 is 4.90 Å². The van der Waals surface area contributed by atoms with Crippen LogP contribution in [0.15, 0.2) is 55.0 Å². The predicted octanol–water partition coefficient (Wildman–Crippen LogP) is 4.33. The van der Waals surface area contributed by atoms with Gasteiger partial charge in [0.25, 0.3) is 0 Å². The van der Waals surface area contributed by atoms with Crippen LogP contribution in [0, 0.1) is 5.82 Å². The van der Waals surface area contributed by atoms with Gasteiger partial charge in [0, 0.05) is 48.9 Å². The summed E-state index contributed by atoms with van der Waals surface area (Å²) in [6.07, 6.45) is 7.78. The summed E-state index contributed by atoms with van der Waals surface area (Å²) in [5.74, 6) is 0.846. The van der Waals surface area contributed by atoms with E-state index < -0.39 is 0 Å². The Balaban J connectivity index is 1.72. The van der Waals surface area contributed by atoms with Crippen LogP contribution in [-0.2, 0) is 6.42 Å². The Morgan fingerprint density at radius 1 is 0.917 bits per heavy atom. The first-order valence-corrected chi connectivity index (χ1v) is 8.12. The Kier molecular flexibility index (Phi) is 3.73. The third kappa shape index (κ3) is 2.75. The molecule has 0 fully saturated rings. The monoisotopic (exact) mass is 319 g/mol. The summed E-state index contributed by atoms with van der Waals surface area (Å²) in [7, 11) is 2.08. The Morgan fingerprint density at radius 2 is 1.62 bits per heavy atom. The van der Waals surface area contributed by atoms with E-state index in [4.69, 9.17) is 0 Å². The number of aromatic nitrogens is 2. The van der Waals surface area contributed by atoms with Crippen molar-refractivity contribution < 1.29 is 4.39 Å². The van der Waals surface area contributed by atoms with Gasteiger partial charge in [0.1, 0.15) is 11.6 Å². The maximum Gasteiger partial charge on any atom is 0.131 e. The van der Waals surface area contributed by atoms with Crippen LogP contribution in [0.3, 0.4) is 0 Å². The van der Waals surface area contributed by atoms with Crippen LogP contribution in [0.5, 0.6) is 0 Å². The number of hydrogen-bond acceptors (Lipinski definition) is 3. The predicted molar refractivity (Wildman–Crippen MR) is 94.5 cm³/mol. The fraction of sp³-hybridized carbons (Fsp3) is 0.200. The standard InChI is InChI=1S/C20H18FN3/c1-24-8-2-3-15-9-18(13-23-20(15)24)17-10-16(11-22-12-17)14-4-6-19(21)7-5-14/h4-7,9-13H,2-3,8H2,1H3. The van der Waals surface area contributed by atoms with Gasteiger partial charge in [-0.2, -0.15) is 0 Å². The summed E-state index contributed by atoms with van der Waals surface area (Å²) in [5, 5.41) is 0. The molecule has 1 aliphatic heterocycles. The van der Waals surface area contributed by atoms with Gasteiger partial charge in [-0.3, -0.25) is 4.98 Å². The lowest BCUT2D eigenvalue weighted by Crippen LogP contribution is -2.25. The summed E-state index contributed by atoms with van der Waals surface area (Å²) in [4.78, 5) is 11.2. The van der Waals surface area contributed by atoms with E-state index in [-0.39, 0.29) is 5.82 Å². The Bertz CT molecular complexity index is 874. The maximum atomic E-state index is 13.1. The van der Waals surface area contributed by atoms with Gasteiger partial charge in [0.05, 0.1) is 0 Å². The number of fused-ring (bicyclic) bond motifs is 1. The highest BCUT2D eigenvalue weighted by molar-refractivity contribution is 5.72. The third-order valence-electron chi connectivity index (χ3n) is 4.49. The topological polar surface area (TPSA) is 29.0 Å². The van der Waals surface area contributed by atoms with E-state index in [1.165, 1.54) is 17.7 Å². The molecule has 0 N–H and O–H groups in total. The lowest BCUT2D eigenvalue weighted by atomic mass is 9.99. The Morgan fingerprint density at radius 3 is 2.42 bits per heavy atom. The molecule has 0 spiro atoms. The summed E-state index contributed by atoms with van der Waals surface area (Å²) >= 11 is 0. The average Bonchev–Trinajstić information content (AvgIpc) is 2.62. The van der Waals surface area contributed by atoms with Gasteiger partial charge in [0.2, 0.25) is 0 Å². The minimum absolute atomic E-state index is 0.231. The molecule has 1 aromatic carbocycles. The van der Waals surface area contributed by atoms with Crippen LogP contribution in [0.4, 0.5) is 10.2 Å². The molecule has 3 nitrogen and oxygen atoms in total. The van der Waals surface area contributed by atoms with E-state index in [1.807, 2.05) is 12.4 Å². The van der Waals surface area contributed by atoms with Gasteiger partial charge in [-0.25, -0.2) is 9.37 Å². The van der Waals surface area contributed by atoms with E-state index in [0.717, 1.165) is 47.5 Å². The first-order chi connectivity index (χ1) is 11.7. The molecule has 0 aliphatic carbocycles. The molecule has 0 saturated heterocycles. The zero-order chi connectivity index (χ0) is 16.5. The molecule has 0 saturated carbocycles. The highest BCUT2D eigenvalue weighted by atomic mass is 19.1. The van der Waals surface area contributed by atoms with E-state index in [2.05, 4.69) is 34.0 Å². The van der Waals surface area contributed by atoms with Gasteiger partial charge in [-0.1, -0.05) is 12.1 Å². The summed E-state index contributed by atoms with van der Waals surface area (Å²) in [6.45, 7) is 1.06. The number of benzene rings is 1. The number of halogens is 1. The second-order valence-corrected chi connectivity index (χ2v) is 6.20. The molecule has 120 valence electrons. The molecule has 4 rings (SSSR count). The Hall–Kier alpha value is -2.75. The summed E-state index contributed by atoms with van der Waals surface area (Å²) in [6, 6.07) is 10.8. The smallest absolute Gasteiger partial charge is 0.131 e. The van der Waals surface area contributed by atoms with Crippen molar-refractivity contribution in [2.45, 2.75) is 12.8 Å². The molecular weight excluding hydrogens is 301 g/mol. The zero-order valence-corrected chi connectivity index (χ0v) is 13.5. The van der Waals surface area contributed by atoms with Crippen LogP contribution in [0.1, 0.15) is 12.0 Å². The molecule has 0 amide bonds. The molecule has 0 unspecified atom stereocenters. The van der Waals surface area contributed by atoms with Crippen LogP contribution in [0.25, 0.3) is 22.3 Å². The molecule has 2 aromatic heterocycles. The quantitative estimate of drug-likeness (QED) is 0.704. The molecular formula is C20H18FN3. The lowest BCUT2D eigenvalue weighted by Gasteiger charge is -2.26. The fourth-order valence-corrected chi connectivity index (χ4v) is 3.20. The SMILES string of the molecule is CN1CCCc2cc(-c3cncc(-c4ccc(F)cc4)c3)cnc21. The molecule has 24 heavy (non-hydrogen) atoms. The number of rotatable bonds is 2. The lowest BCUT2D eigenvalue weighted by molar-refractivity contribution is 0.628. The number of pyridine rings is 2. The van der Waals surface area contributed by atoms with Crippen molar-refractivity contribution in [2.24, 2.45) is 0 Å². The first kappa shape index (κ1) is 14.8. The zero-order valence-electron chi connectivity index (χ0n) is 13.5. The van der Waals surface area contributed by atoms with Crippen LogP contribution in [-0.4, -0.2) is 23.6 Å². The normalized spacial score (nSPS) is 13.7. The van der Waals surface area contributed by atoms with Crippen LogP contribution >= 0.6 is 0 Å². The van der Waals surface area contributed by atoms with Crippen molar-refractivity contribution in [3.8, 4) is 22.3 Å². The number of nitrogens with zero attached hydrogens (tertiary/aromatic N) is 3. The van der Waals surface area contributed by atoms with Crippen molar-refractivity contribution in [1.82, 2.24) is 9.97 Å². The summed E-state index contributed by atoms with van der Waals surface area (Å²) in [5.41, 5.74) is 5.31.